The summed E-state index contributed by atoms with van der Waals surface area (Å²) in [6.45, 7) is 14.2. The van der Waals surface area contributed by atoms with E-state index in [2.05, 4.69) is 44.8 Å². The monoisotopic (exact) mass is 254 g/mol. The lowest BCUT2D eigenvalue weighted by molar-refractivity contribution is 0.0559. The van der Waals surface area contributed by atoms with Crippen molar-refractivity contribution in [2.24, 2.45) is 5.92 Å². The quantitative estimate of drug-likeness (QED) is 0.746. The molecular weight excluding hydrogens is 220 g/mol. The highest BCUT2D eigenvalue weighted by molar-refractivity contribution is 4.90. The minimum absolute atomic E-state index is 0.717. The number of hydrogen-bond donors (Lipinski definition) is 1. The Morgan fingerprint density at radius 2 is 1.89 bits per heavy atom. The molecule has 3 unspecified atom stereocenters. The minimum atomic E-state index is 0.717. The zero-order valence-electron chi connectivity index (χ0n) is 13.2. The molecule has 2 nitrogen and oxygen atoms in total. The lowest BCUT2D eigenvalue weighted by atomic mass is 9.94. The average Bonchev–Trinajstić information content (AvgIpc) is 2.36. The third kappa shape index (κ3) is 4.55. The second-order valence-electron chi connectivity index (χ2n) is 6.39. The van der Waals surface area contributed by atoms with Crippen molar-refractivity contribution in [3.8, 4) is 0 Å². The number of piperazine rings is 1. The van der Waals surface area contributed by atoms with Crippen LogP contribution in [0.2, 0.25) is 0 Å². The Kier molecular flexibility index (Phi) is 7.25. The first kappa shape index (κ1) is 16.0. The predicted octanol–water partition coefficient (Wildman–Crippen LogP) is 3.66. The molecule has 1 heterocycles. The molecule has 18 heavy (non-hydrogen) atoms. The molecule has 1 aliphatic heterocycles. The van der Waals surface area contributed by atoms with Crippen molar-refractivity contribution in [3.63, 3.8) is 0 Å². The lowest BCUT2D eigenvalue weighted by Gasteiger charge is -2.45. The predicted molar refractivity (Wildman–Crippen MR) is 81.0 cm³/mol. The fourth-order valence-corrected chi connectivity index (χ4v) is 3.19. The second-order valence-corrected chi connectivity index (χ2v) is 6.39. The van der Waals surface area contributed by atoms with Crippen LogP contribution in [0.4, 0.5) is 0 Å². The molecule has 1 N–H and O–H groups in total. The van der Waals surface area contributed by atoms with E-state index < -0.39 is 0 Å². The summed E-state index contributed by atoms with van der Waals surface area (Å²) in [5.41, 5.74) is 0. The largest absolute Gasteiger partial charge is 0.311 e. The normalized spacial score (nSPS) is 27.7. The summed E-state index contributed by atoms with van der Waals surface area (Å²) >= 11 is 0. The zero-order valence-corrected chi connectivity index (χ0v) is 13.2. The first-order valence-electron chi connectivity index (χ1n) is 8.09. The first-order chi connectivity index (χ1) is 8.60. The molecule has 1 aliphatic rings. The van der Waals surface area contributed by atoms with Crippen molar-refractivity contribution >= 4 is 0 Å². The maximum atomic E-state index is 3.75. The van der Waals surface area contributed by atoms with E-state index >= 15 is 0 Å². The maximum absolute atomic E-state index is 3.75. The van der Waals surface area contributed by atoms with Crippen LogP contribution >= 0.6 is 0 Å². The number of rotatable bonds is 7. The topological polar surface area (TPSA) is 15.3 Å². The molecule has 0 spiro atoms. The van der Waals surface area contributed by atoms with Gasteiger partial charge in [0.2, 0.25) is 0 Å². The molecule has 1 rings (SSSR count). The van der Waals surface area contributed by atoms with Gasteiger partial charge in [-0.2, -0.15) is 0 Å². The smallest absolute Gasteiger partial charge is 0.0247 e. The van der Waals surface area contributed by atoms with Crippen LogP contribution < -0.4 is 5.32 Å². The van der Waals surface area contributed by atoms with Crippen LogP contribution in [-0.4, -0.2) is 36.1 Å². The summed E-state index contributed by atoms with van der Waals surface area (Å²) in [7, 11) is 0. The van der Waals surface area contributed by atoms with E-state index in [4.69, 9.17) is 0 Å². The molecule has 0 aliphatic carbocycles. The van der Waals surface area contributed by atoms with Gasteiger partial charge in [-0.1, -0.05) is 47.0 Å². The van der Waals surface area contributed by atoms with Gasteiger partial charge in [-0.15, -0.1) is 0 Å². The molecule has 0 bridgehead atoms. The van der Waals surface area contributed by atoms with Crippen LogP contribution in [0, 0.1) is 5.92 Å². The van der Waals surface area contributed by atoms with Crippen LogP contribution in [0.1, 0.15) is 66.7 Å². The fourth-order valence-electron chi connectivity index (χ4n) is 3.19. The highest BCUT2D eigenvalue weighted by Gasteiger charge is 2.31. The van der Waals surface area contributed by atoms with Gasteiger partial charge in [-0.3, -0.25) is 4.90 Å². The summed E-state index contributed by atoms with van der Waals surface area (Å²) in [6, 6.07) is 2.19. The zero-order chi connectivity index (χ0) is 13.5. The van der Waals surface area contributed by atoms with E-state index in [1.54, 1.807) is 0 Å². The highest BCUT2D eigenvalue weighted by atomic mass is 15.3. The number of unbranched alkanes of at least 4 members (excludes halogenated alkanes) is 1. The van der Waals surface area contributed by atoms with Gasteiger partial charge in [-0.25, -0.2) is 0 Å². The molecule has 1 fully saturated rings. The van der Waals surface area contributed by atoms with Gasteiger partial charge in [0.05, 0.1) is 0 Å². The second kappa shape index (κ2) is 8.16. The van der Waals surface area contributed by atoms with Crippen LogP contribution in [0.3, 0.4) is 0 Å². The number of nitrogens with zero attached hydrogens (tertiary/aromatic N) is 1. The van der Waals surface area contributed by atoms with E-state index in [1.165, 1.54) is 45.2 Å². The molecule has 108 valence electrons. The van der Waals surface area contributed by atoms with Gasteiger partial charge in [0, 0.05) is 31.2 Å². The van der Waals surface area contributed by atoms with Crippen molar-refractivity contribution in [3.05, 3.63) is 0 Å². The Balaban J connectivity index is 2.59. The Hall–Kier alpha value is -0.0800. The molecule has 0 aromatic carbocycles. The third-order valence-corrected chi connectivity index (χ3v) is 4.42. The van der Waals surface area contributed by atoms with E-state index in [9.17, 15) is 0 Å². The van der Waals surface area contributed by atoms with E-state index in [-0.39, 0.29) is 0 Å². The summed E-state index contributed by atoms with van der Waals surface area (Å²) in [4.78, 5) is 2.79. The van der Waals surface area contributed by atoms with Gasteiger partial charge in [-0.05, 0) is 25.7 Å². The van der Waals surface area contributed by atoms with Crippen LogP contribution in [0.15, 0.2) is 0 Å². The van der Waals surface area contributed by atoms with E-state index in [0.29, 0.717) is 6.04 Å². The van der Waals surface area contributed by atoms with Crippen molar-refractivity contribution in [1.29, 1.82) is 0 Å². The Bertz CT molecular complexity index is 215. The lowest BCUT2D eigenvalue weighted by Crippen LogP contribution is -2.60. The third-order valence-electron chi connectivity index (χ3n) is 4.42. The molecule has 0 aromatic heterocycles. The molecule has 0 amide bonds. The molecule has 0 aromatic rings. The van der Waals surface area contributed by atoms with Gasteiger partial charge >= 0.3 is 0 Å². The minimum Gasteiger partial charge on any atom is -0.311 e. The molecule has 3 atom stereocenters. The Morgan fingerprint density at radius 3 is 2.44 bits per heavy atom. The molecular formula is C16H34N2. The first-order valence-corrected chi connectivity index (χ1v) is 8.09. The highest BCUT2D eigenvalue weighted by Crippen LogP contribution is 2.22. The van der Waals surface area contributed by atoms with Crippen LogP contribution in [-0.2, 0) is 0 Å². The van der Waals surface area contributed by atoms with Crippen molar-refractivity contribution in [2.45, 2.75) is 84.8 Å². The fraction of sp³-hybridized carbons (Fsp3) is 1.00. The summed E-state index contributed by atoms with van der Waals surface area (Å²) in [5.74, 6) is 0.754. The molecule has 1 saturated heterocycles. The number of hydrogen-bond acceptors (Lipinski definition) is 2. The summed E-state index contributed by atoms with van der Waals surface area (Å²) < 4.78 is 0. The van der Waals surface area contributed by atoms with E-state index in [0.717, 1.165) is 18.0 Å². The Labute approximate surface area is 115 Å². The van der Waals surface area contributed by atoms with Crippen molar-refractivity contribution < 1.29 is 0 Å². The standard InChI is InChI=1S/C16H34N2/c1-6-8-10-14(5)18-12-15(9-7-2)17-11-16(18)13(3)4/h13-17H,6-12H2,1-5H3. The summed E-state index contributed by atoms with van der Waals surface area (Å²) in [5, 5.41) is 3.75. The van der Waals surface area contributed by atoms with Crippen LogP contribution in [0.25, 0.3) is 0 Å². The van der Waals surface area contributed by atoms with Gasteiger partial charge in [0.1, 0.15) is 0 Å². The SMILES string of the molecule is CCCCC(C)N1CC(CCC)NCC1C(C)C. The molecule has 0 saturated carbocycles. The maximum Gasteiger partial charge on any atom is 0.0247 e. The van der Waals surface area contributed by atoms with Gasteiger partial charge < -0.3 is 5.32 Å². The molecule has 0 radical (unpaired) electrons. The summed E-state index contributed by atoms with van der Waals surface area (Å²) in [6.07, 6.45) is 6.66. The average molecular weight is 254 g/mol. The van der Waals surface area contributed by atoms with E-state index in [1.807, 2.05) is 0 Å². The van der Waals surface area contributed by atoms with Crippen molar-refractivity contribution in [1.82, 2.24) is 10.2 Å². The number of nitrogens with one attached hydrogen (secondary N) is 1. The van der Waals surface area contributed by atoms with Gasteiger partial charge in [0.15, 0.2) is 0 Å². The van der Waals surface area contributed by atoms with Crippen molar-refractivity contribution in [2.75, 3.05) is 13.1 Å². The van der Waals surface area contributed by atoms with Gasteiger partial charge in [0.25, 0.3) is 0 Å². The van der Waals surface area contributed by atoms with Crippen LogP contribution in [0.5, 0.6) is 0 Å². The Morgan fingerprint density at radius 1 is 1.17 bits per heavy atom. The molecule has 2 heteroatoms.